The Balaban J connectivity index is 5.27. The second-order valence-electron chi connectivity index (χ2n) is 4.81. The van der Waals surface area contributed by atoms with Crippen LogP contribution in [0.3, 0.4) is 0 Å². The molecular weight excluding hydrogens is 330 g/mol. The molecule has 0 saturated heterocycles. The van der Waals surface area contributed by atoms with Gasteiger partial charge in [-0.1, -0.05) is 32.4 Å². The summed E-state index contributed by atoms with van der Waals surface area (Å²) in [6.45, 7) is 5.51. The first-order valence-corrected chi connectivity index (χ1v) is 9.19. The molecule has 0 unspecified atom stereocenters. The summed E-state index contributed by atoms with van der Waals surface area (Å²) in [7, 11) is -3.99. The van der Waals surface area contributed by atoms with Gasteiger partial charge in [-0.3, -0.25) is 4.18 Å². The van der Waals surface area contributed by atoms with Gasteiger partial charge >= 0.3 is 10.3 Å². The Morgan fingerprint density at radius 1 is 1.27 bits per heavy atom. The Morgan fingerprint density at radius 3 is 2.27 bits per heavy atom. The van der Waals surface area contributed by atoms with Gasteiger partial charge in [0, 0.05) is 31.2 Å². The van der Waals surface area contributed by atoms with E-state index in [4.69, 9.17) is 21.5 Å². The highest BCUT2D eigenvalue weighted by Crippen LogP contribution is 2.27. The van der Waals surface area contributed by atoms with Gasteiger partial charge in [0.1, 0.15) is 5.76 Å². The van der Waals surface area contributed by atoms with Crippen molar-refractivity contribution in [1.29, 1.82) is 0 Å². The number of hydrogen-bond donors (Lipinski definition) is 2. The van der Waals surface area contributed by atoms with Gasteiger partial charge < -0.3 is 9.84 Å². The molecule has 3 N–H and O–H groups in total. The number of halogens is 1. The largest absolute Gasteiger partial charge is 0.467 e. The van der Waals surface area contributed by atoms with E-state index in [1.54, 1.807) is 6.08 Å². The van der Waals surface area contributed by atoms with Crippen molar-refractivity contribution in [1.82, 2.24) is 0 Å². The lowest BCUT2D eigenvalue weighted by Gasteiger charge is -2.29. The van der Waals surface area contributed by atoms with E-state index in [1.165, 1.54) is 5.54 Å². The van der Waals surface area contributed by atoms with E-state index in [0.29, 0.717) is 30.6 Å². The number of rotatable bonds is 11. The zero-order valence-corrected chi connectivity index (χ0v) is 14.9. The highest BCUT2D eigenvalue weighted by Gasteiger charge is 2.26. The molecular formula is C14H26ClNO5S. The summed E-state index contributed by atoms with van der Waals surface area (Å²) < 4.78 is 31.9. The summed E-state index contributed by atoms with van der Waals surface area (Å²) in [5.41, 5.74) is 1.98. The third-order valence-corrected chi connectivity index (χ3v) is 3.76. The Morgan fingerprint density at radius 2 is 1.86 bits per heavy atom. The quantitative estimate of drug-likeness (QED) is 0.337. The minimum absolute atomic E-state index is 0.122. The van der Waals surface area contributed by atoms with Crippen LogP contribution in [-0.4, -0.2) is 25.9 Å². The molecule has 6 nitrogen and oxygen atoms in total. The number of allylic oxidation sites excluding steroid dienone is 2. The summed E-state index contributed by atoms with van der Waals surface area (Å²) in [4.78, 5) is 0. The van der Waals surface area contributed by atoms with Crippen molar-refractivity contribution in [3.63, 3.8) is 0 Å². The molecule has 8 heteroatoms. The fourth-order valence-electron chi connectivity index (χ4n) is 1.79. The molecule has 22 heavy (non-hydrogen) atoms. The first-order valence-electron chi connectivity index (χ1n) is 7.28. The molecule has 0 heterocycles. The first-order chi connectivity index (χ1) is 10.2. The fraction of sp³-hybridized carbons (Fsp3) is 0.714. The van der Waals surface area contributed by atoms with Crippen LogP contribution in [0, 0.1) is 0 Å². The number of hydrogen-bond acceptors (Lipinski definition) is 5. The number of nitrogens with two attached hydrogens (primary N) is 1. The van der Waals surface area contributed by atoms with Crippen molar-refractivity contribution in [3.05, 3.63) is 22.9 Å². The zero-order chi connectivity index (χ0) is 17.2. The second kappa shape index (κ2) is 10.2. The molecule has 0 bridgehead atoms. The molecule has 0 fully saturated rings. The van der Waals surface area contributed by atoms with Crippen molar-refractivity contribution >= 4 is 21.9 Å². The average molecular weight is 356 g/mol. The van der Waals surface area contributed by atoms with Crippen LogP contribution < -0.4 is 5.14 Å². The van der Waals surface area contributed by atoms with Gasteiger partial charge in [-0.05, 0) is 18.1 Å². The van der Waals surface area contributed by atoms with Gasteiger partial charge in [0.15, 0.2) is 0 Å². The molecule has 0 rings (SSSR count). The maximum absolute atomic E-state index is 10.8. The lowest BCUT2D eigenvalue weighted by Crippen LogP contribution is -2.30. The van der Waals surface area contributed by atoms with E-state index in [2.05, 4.69) is 4.18 Å². The number of ether oxygens (including phenoxy) is 1. The molecule has 0 aromatic heterocycles. The molecule has 0 atom stereocenters. The van der Waals surface area contributed by atoms with E-state index >= 15 is 0 Å². The lowest BCUT2D eigenvalue weighted by molar-refractivity contribution is -0.182. The van der Waals surface area contributed by atoms with Crippen LogP contribution in [0.4, 0.5) is 0 Å². The van der Waals surface area contributed by atoms with E-state index in [0.717, 1.165) is 6.42 Å². The van der Waals surface area contributed by atoms with E-state index in [-0.39, 0.29) is 13.0 Å². The van der Waals surface area contributed by atoms with Gasteiger partial charge in [0.25, 0.3) is 0 Å². The van der Waals surface area contributed by atoms with Crippen LogP contribution in [0.5, 0.6) is 0 Å². The Kier molecular flexibility index (Phi) is 9.95. The monoisotopic (exact) mass is 355 g/mol. The highest BCUT2D eigenvalue weighted by molar-refractivity contribution is 7.84. The van der Waals surface area contributed by atoms with Crippen molar-refractivity contribution in [2.45, 2.75) is 58.7 Å². The summed E-state index contributed by atoms with van der Waals surface area (Å²) in [6.07, 6.45) is 4.11. The van der Waals surface area contributed by atoms with Crippen molar-refractivity contribution < 1.29 is 22.4 Å². The fourth-order valence-corrected chi connectivity index (χ4v) is 2.26. The summed E-state index contributed by atoms with van der Waals surface area (Å²) in [5.74, 6) is -0.680. The van der Waals surface area contributed by atoms with Crippen molar-refractivity contribution in [3.8, 4) is 0 Å². The van der Waals surface area contributed by atoms with Crippen molar-refractivity contribution in [2.75, 3.05) is 6.61 Å². The van der Waals surface area contributed by atoms with Crippen LogP contribution in [0.15, 0.2) is 22.9 Å². The minimum Gasteiger partial charge on any atom is -0.467 e. The SMILES string of the molecule is CCC/C(OC(O)(CC)CC)=C(\C=C\Cl)CCOS(N)(=O)=O. The number of aliphatic hydroxyl groups is 1. The third-order valence-electron chi connectivity index (χ3n) is 3.14. The Hall–Kier alpha value is -0.600. The zero-order valence-electron chi connectivity index (χ0n) is 13.3. The molecule has 0 aliphatic carbocycles. The normalized spacial score (nSPS) is 14.3. The van der Waals surface area contributed by atoms with Gasteiger partial charge in [0.2, 0.25) is 5.79 Å². The molecule has 0 aromatic carbocycles. The van der Waals surface area contributed by atoms with Crippen LogP contribution in [-0.2, 0) is 19.2 Å². The standard InChI is InChI=1S/C14H26ClNO5S/c1-4-7-13(21-14(17,5-2)6-3)12(8-10-15)9-11-20-22(16,18)19/h8,10,17H,4-7,9,11H2,1-3H3,(H2,16,18,19)/b10-8+,13-12-. The molecule has 0 aliphatic heterocycles. The summed E-state index contributed by atoms with van der Waals surface area (Å²) >= 11 is 5.63. The molecule has 0 aromatic rings. The molecule has 0 radical (unpaired) electrons. The summed E-state index contributed by atoms with van der Waals surface area (Å²) in [6, 6.07) is 0. The maximum Gasteiger partial charge on any atom is 0.333 e. The van der Waals surface area contributed by atoms with E-state index < -0.39 is 16.1 Å². The van der Waals surface area contributed by atoms with Crippen LogP contribution in [0.25, 0.3) is 0 Å². The average Bonchev–Trinajstić information content (AvgIpc) is 2.44. The molecule has 0 saturated carbocycles. The van der Waals surface area contributed by atoms with Crippen molar-refractivity contribution in [2.24, 2.45) is 5.14 Å². The van der Waals surface area contributed by atoms with Crippen LogP contribution >= 0.6 is 11.6 Å². The predicted molar refractivity (Wildman–Crippen MR) is 87.2 cm³/mol. The van der Waals surface area contributed by atoms with E-state index in [9.17, 15) is 13.5 Å². The van der Waals surface area contributed by atoms with Gasteiger partial charge in [-0.2, -0.15) is 8.42 Å². The first kappa shape index (κ1) is 21.4. The maximum atomic E-state index is 10.8. The highest BCUT2D eigenvalue weighted by atomic mass is 35.5. The topological polar surface area (TPSA) is 98.8 Å². The predicted octanol–water partition coefficient (Wildman–Crippen LogP) is 2.93. The second-order valence-corrected chi connectivity index (χ2v) is 6.28. The third kappa shape index (κ3) is 8.75. The molecule has 0 aliphatic rings. The Bertz CT molecular complexity index is 483. The van der Waals surface area contributed by atoms with E-state index in [1.807, 2.05) is 20.8 Å². The minimum atomic E-state index is -3.99. The van der Waals surface area contributed by atoms with Gasteiger partial charge in [-0.25, -0.2) is 5.14 Å². The lowest BCUT2D eigenvalue weighted by atomic mass is 10.1. The smallest absolute Gasteiger partial charge is 0.333 e. The molecule has 0 spiro atoms. The van der Waals surface area contributed by atoms with Gasteiger partial charge in [-0.15, -0.1) is 0 Å². The summed E-state index contributed by atoms with van der Waals surface area (Å²) in [5, 5.41) is 15.1. The van der Waals surface area contributed by atoms with Crippen LogP contribution in [0.2, 0.25) is 0 Å². The molecule has 130 valence electrons. The Labute approximate surface area is 138 Å². The van der Waals surface area contributed by atoms with Crippen LogP contribution in [0.1, 0.15) is 52.9 Å². The van der Waals surface area contributed by atoms with Gasteiger partial charge in [0.05, 0.1) is 6.61 Å². The molecule has 0 amide bonds.